The van der Waals surface area contributed by atoms with Crippen molar-refractivity contribution >= 4 is 22.9 Å². The van der Waals surface area contributed by atoms with Gasteiger partial charge in [-0.3, -0.25) is 9.59 Å². The van der Waals surface area contributed by atoms with Gasteiger partial charge in [-0.1, -0.05) is 18.2 Å². The van der Waals surface area contributed by atoms with Crippen LogP contribution in [0.1, 0.15) is 15.9 Å². The van der Waals surface area contributed by atoms with Gasteiger partial charge in [0.15, 0.2) is 0 Å². The van der Waals surface area contributed by atoms with Crippen molar-refractivity contribution in [3.05, 3.63) is 75.4 Å². The third kappa shape index (κ3) is 4.41. The Labute approximate surface area is 173 Å². The molecular weight excluding hydrogens is 386 g/mol. The number of hydrogen-bond donors (Lipinski definition) is 1. The fourth-order valence-corrected chi connectivity index (χ4v) is 4.11. The largest absolute Gasteiger partial charge is 0.378 e. The first-order valence-corrected chi connectivity index (χ1v) is 10.4. The molecule has 1 aliphatic heterocycles. The minimum absolute atomic E-state index is 0.151. The molecule has 1 fully saturated rings. The monoisotopic (exact) mass is 409 g/mol. The van der Waals surface area contributed by atoms with Crippen LogP contribution in [-0.4, -0.2) is 49.1 Å². The van der Waals surface area contributed by atoms with Gasteiger partial charge in [0, 0.05) is 32.4 Å². The number of benzene rings is 1. The number of H-pyrrole nitrogens is 1. The number of thiophene rings is 1. The molecular formula is C22H23N3O3S. The molecule has 1 aromatic carbocycles. The number of nitrogens with one attached hydrogen (secondary N) is 1. The van der Waals surface area contributed by atoms with E-state index in [1.165, 1.54) is 0 Å². The van der Waals surface area contributed by atoms with E-state index in [9.17, 15) is 9.59 Å². The lowest BCUT2D eigenvalue weighted by Gasteiger charge is -2.29. The molecule has 6 nitrogen and oxygen atoms in total. The molecule has 0 unspecified atom stereocenters. The Hall–Kier alpha value is -2.90. The summed E-state index contributed by atoms with van der Waals surface area (Å²) < 4.78 is 5.39. The summed E-state index contributed by atoms with van der Waals surface area (Å²) in [6.45, 7) is 3.72. The third-order valence-electron chi connectivity index (χ3n) is 5.01. The van der Waals surface area contributed by atoms with Gasteiger partial charge in [0.2, 0.25) is 0 Å². The van der Waals surface area contributed by atoms with Crippen LogP contribution in [0.3, 0.4) is 0 Å². The lowest BCUT2D eigenvalue weighted by atomic mass is 10.1. The van der Waals surface area contributed by atoms with E-state index in [-0.39, 0.29) is 17.0 Å². The molecule has 0 radical (unpaired) electrons. The number of amides is 1. The highest BCUT2D eigenvalue weighted by Crippen LogP contribution is 2.22. The van der Waals surface area contributed by atoms with Crippen LogP contribution in [0.15, 0.2) is 58.7 Å². The zero-order valence-corrected chi connectivity index (χ0v) is 17.1. The zero-order valence-electron chi connectivity index (χ0n) is 16.3. The van der Waals surface area contributed by atoms with Crippen molar-refractivity contribution in [1.29, 1.82) is 0 Å². The Kier molecular flexibility index (Phi) is 5.78. The molecule has 0 spiro atoms. The SMILES string of the molecule is CN(Cc1ccc(N2CCOCC2)cc1)C(=O)c1ccc(-c2cccs2)[nH]c1=O. The van der Waals surface area contributed by atoms with Gasteiger partial charge in [-0.2, -0.15) is 0 Å². The maximum absolute atomic E-state index is 12.8. The molecule has 0 atom stereocenters. The predicted octanol–water partition coefficient (Wildman–Crippen LogP) is 3.21. The Morgan fingerprint density at radius 2 is 1.90 bits per heavy atom. The van der Waals surface area contributed by atoms with Crippen LogP contribution < -0.4 is 10.5 Å². The Bertz CT molecular complexity index is 1020. The second-order valence-corrected chi connectivity index (χ2v) is 7.97. The summed E-state index contributed by atoms with van der Waals surface area (Å²) in [6, 6.07) is 15.4. The third-order valence-corrected chi connectivity index (χ3v) is 5.91. The molecule has 3 aromatic rings. The quantitative estimate of drug-likeness (QED) is 0.703. The first kappa shape index (κ1) is 19.4. The van der Waals surface area contributed by atoms with Crippen molar-refractivity contribution in [3.63, 3.8) is 0 Å². The highest BCUT2D eigenvalue weighted by Gasteiger charge is 2.17. The minimum Gasteiger partial charge on any atom is -0.378 e. The molecule has 2 aromatic heterocycles. The van der Waals surface area contributed by atoms with E-state index in [4.69, 9.17) is 4.74 Å². The topological polar surface area (TPSA) is 65.6 Å². The normalized spacial score (nSPS) is 14.0. The molecule has 4 rings (SSSR count). The first-order valence-electron chi connectivity index (χ1n) is 9.56. The molecule has 0 aliphatic carbocycles. The summed E-state index contributed by atoms with van der Waals surface area (Å²) in [4.78, 5) is 32.8. The predicted molar refractivity (Wildman–Crippen MR) is 116 cm³/mol. The molecule has 3 heterocycles. The van der Waals surface area contributed by atoms with Crippen LogP contribution in [0.25, 0.3) is 10.6 Å². The fourth-order valence-electron chi connectivity index (χ4n) is 3.40. The second-order valence-electron chi connectivity index (χ2n) is 7.02. The zero-order chi connectivity index (χ0) is 20.2. The lowest BCUT2D eigenvalue weighted by molar-refractivity contribution is 0.0783. The summed E-state index contributed by atoms with van der Waals surface area (Å²) >= 11 is 1.54. The van der Waals surface area contributed by atoms with Gasteiger partial charge in [0.25, 0.3) is 11.5 Å². The Morgan fingerprint density at radius 3 is 2.55 bits per heavy atom. The van der Waals surface area contributed by atoms with Crippen molar-refractivity contribution in [2.45, 2.75) is 6.54 Å². The van der Waals surface area contributed by atoms with E-state index in [0.29, 0.717) is 6.54 Å². The van der Waals surface area contributed by atoms with Crippen LogP contribution in [0.5, 0.6) is 0 Å². The average molecular weight is 410 g/mol. The Balaban J connectivity index is 1.43. The summed E-state index contributed by atoms with van der Waals surface area (Å²) in [5.74, 6) is -0.291. The van der Waals surface area contributed by atoms with Gasteiger partial charge in [-0.05, 0) is 41.3 Å². The van der Waals surface area contributed by atoms with E-state index in [1.54, 1.807) is 35.4 Å². The number of anilines is 1. The highest BCUT2D eigenvalue weighted by molar-refractivity contribution is 7.13. The molecule has 1 aliphatic rings. The molecule has 1 N–H and O–H groups in total. The van der Waals surface area contributed by atoms with Crippen LogP contribution >= 0.6 is 11.3 Å². The fraction of sp³-hybridized carbons (Fsp3) is 0.273. The number of carbonyl (C=O) groups excluding carboxylic acids is 1. The summed E-state index contributed by atoms with van der Waals surface area (Å²) in [6.07, 6.45) is 0. The van der Waals surface area contributed by atoms with Gasteiger partial charge in [-0.15, -0.1) is 11.3 Å². The molecule has 7 heteroatoms. The van der Waals surface area contributed by atoms with Crippen molar-refractivity contribution in [2.24, 2.45) is 0 Å². The van der Waals surface area contributed by atoms with Gasteiger partial charge in [0.1, 0.15) is 5.56 Å². The van der Waals surface area contributed by atoms with E-state index >= 15 is 0 Å². The van der Waals surface area contributed by atoms with Crippen LogP contribution in [-0.2, 0) is 11.3 Å². The van der Waals surface area contributed by atoms with Crippen molar-refractivity contribution in [2.75, 3.05) is 38.3 Å². The van der Waals surface area contributed by atoms with Crippen LogP contribution in [0, 0.1) is 0 Å². The van der Waals surface area contributed by atoms with Gasteiger partial charge in [-0.25, -0.2) is 0 Å². The van der Waals surface area contributed by atoms with E-state index in [0.717, 1.165) is 48.1 Å². The number of ether oxygens (including phenoxy) is 1. The van der Waals surface area contributed by atoms with E-state index in [2.05, 4.69) is 22.0 Å². The van der Waals surface area contributed by atoms with Gasteiger partial charge < -0.3 is 19.5 Å². The standard InChI is InChI=1S/C22H23N3O3S/c1-24(15-16-4-6-17(7-5-16)25-10-12-28-13-11-25)22(27)18-8-9-19(23-21(18)26)20-3-2-14-29-20/h2-9,14H,10-13,15H2,1H3,(H,23,26). The van der Waals surface area contributed by atoms with Crippen molar-refractivity contribution in [3.8, 4) is 10.6 Å². The highest BCUT2D eigenvalue weighted by atomic mass is 32.1. The van der Waals surface area contributed by atoms with Crippen LogP contribution in [0.4, 0.5) is 5.69 Å². The molecule has 150 valence electrons. The average Bonchev–Trinajstić information content (AvgIpc) is 3.29. The smallest absolute Gasteiger partial charge is 0.261 e. The minimum atomic E-state index is -0.365. The number of aromatic amines is 1. The van der Waals surface area contributed by atoms with Gasteiger partial charge in [0.05, 0.1) is 23.8 Å². The van der Waals surface area contributed by atoms with Crippen molar-refractivity contribution < 1.29 is 9.53 Å². The number of carbonyl (C=O) groups is 1. The van der Waals surface area contributed by atoms with E-state index < -0.39 is 0 Å². The maximum atomic E-state index is 12.8. The number of pyridine rings is 1. The first-order chi connectivity index (χ1) is 14.1. The van der Waals surface area contributed by atoms with E-state index in [1.807, 2.05) is 29.6 Å². The van der Waals surface area contributed by atoms with Crippen LogP contribution in [0.2, 0.25) is 0 Å². The molecule has 29 heavy (non-hydrogen) atoms. The second kappa shape index (κ2) is 8.63. The number of hydrogen-bond acceptors (Lipinski definition) is 5. The summed E-state index contributed by atoms with van der Waals surface area (Å²) in [7, 11) is 1.71. The Morgan fingerprint density at radius 1 is 1.14 bits per heavy atom. The number of rotatable bonds is 5. The lowest BCUT2D eigenvalue weighted by Crippen LogP contribution is -2.36. The maximum Gasteiger partial charge on any atom is 0.261 e. The van der Waals surface area contributed by atoms with Crippen molar-refractivity contribution in [1.82, 2.24) is 9.88 Å². The molecule has 1 saturated heterocycles. The number of nitrogens with zero attached hydrogens (tertiary/aromatic N) is 2. The molecule has 0 saturated carbocycles. The summed E-state index contributed by atoms with van der Waals surface area (Å²) in [5, 5.41) is 1.95. The molecule has 0 bridgehead atoms. The summed E-state index contributed by atoms with van der Waals surface area (Å²) in [5.41, 5.74) is 2.69. The molecule has 1 amide bonds. The van der Waals surface area contributed by atoms with Gasteiger partial charge >= 0.3 is 0 Å². The number of aromatic nitrogens is 1. The number of morpholine rings is 1.